The Morgan fingerprint density at radius 1 is 1.42 bits per heavy atom. The van der Waals surface area contributed by atoms with Crippen molar-refractivity contribution in [3.8, 4) is 16.8 Å². The number of rotatable bonds is 4. The SMILES string of the molecule is N#Cc1nccc2sc(-c3nc(COC4CCNCC4)no3)cc12. The fourth-order valence-corrected chi connectivity index (χ4v) is 3.70. The fraction of sp³-hybridized carbons (Fsp3) is 0.375. The quantitative estimate of drug-likeness (QED) is 0.778. The molecule has 0 amide bonds. The molecule has 1 aliphatic rings. The van der Waals surface area contributed by atoms with Gasteiger partial charge in [0.05, 0.1) is 11.0 Å². The van der Waals surface area contributed by atoms with Crippen molar-refractivity contribution in [2.24, 2.45) is 0 Å². The van der Waals surface area contributed by atoms with Gasteiger partial charge >= 0.3 is 0 Å². The second-order valence-electron chi connectivity index (χ2n) is 5.57. The van der Waals surface area contributed by atoms with Gasteiger partial charge in [-0.25, -0.2) is 4.98 Å². The molecule has 3 aromatic rings. The molecule has 1 fully saturated rings. The summed E-state index contributed by atoms with van der Waals surface area (Å²) in [6.07, 6.45) is 3.89. The highest BCUT2D eigenvalue weighted by atomic mass is 32.1. The van der Waals surface area contributed by atoms with Gasteiger partial charge in [-0.3, -0.25) is 0 Å². The highest BCUT2D eigenvalue weighted by molar-refractivity contribution is 7.22. The Morgan fingerprint density at radius 2 is 2.29 bits per heavy atom. The average molecular weight is 341 g/mol. The number of hydrogen-bond acceptors (Lipinski definition) is 8. The first-order valence-electron chi connectivity index (χ1n) is 7.77. The smallest absolute Gasteiger partial charge is 0.268 e. The minimum absolute atomic E-state index is 0.252. The lowest BCUT2D eigenvalue weighted by Crippen LogP contribution is -2.32. The Morgan fingerprint density at radius 3 is 3.12 bits per heavy atom. The predicted molar refractivity (Wildman–Crippen MR) is 88.3 cm³/mol. The molecule has 0 aliphatic carbocycles. The maximum absolute atomic E-state index is 9.13. The van der Waals surface area contributed by atoms with Crippen LogP contribution in [-0.2, 0) is 11.3 Å². The highest BCUT2D eigenvalue weighted by Crippen LogP contribution is 2.33. The number of nitrogens with one attached hydrogen (secondary N) is 1. The second-order valence-corrected chi connectivity index (χ2v) is 6.65. The zero-order chi connectivity index (χ0) is 16.4. The Hall–Kier alpha value is -2.34. The van der Waals surface area contributed by atoms with Crippen molar-refractivity contribution in [2.75, 3.05) is 13.1 Å². The lowest BCUT2D eigenvalue weighted by molar-refractivity contribution is 0.0170. The summed E-state index contributed by atoms with van der Waals surface area (Å²) in [5.74, 6) is 0.989. The summed E-state index contributed by atoms with van der Waals surface area (Å²) in [7, 11) is 0. The van der Waals surface area contributed by atoms with Crippen LogP contribution in [0, 0.1) is 11.3 Å². The lowest BCUT2D eigenvalue weighted by atomic mass is 10.1. The van der Waals surface area contributed by atoms with Crippen molar-refractivity contribution in [1.29, 1.82) is 5.26 Å². The van der Waals surface area contributed by atoms with Crippen LogP contribution < -0.4 is 5.32 Å². The minimum Gasteiger partial charge on any atom is -0.370 e. The van der Waals surface area contributed by atoms with Crippen LogP contribution in [0.4, 0.5) is 0 Å². The molecule has 1 aliphatic heterocycles. The van der Waals surface area contributed by atoms with Crippen LogP contribution in [0.3, 0.4) is 0 Å². The molecule has 0 spiro atoms. The van der Waals surface area contributed by atoms with Gasteiger partial charge in [0, 0.05) is 16.3 Å². The van der Waals surface area contributed by atoms with E-state index >= 15 is 0 Å². The Labute approximate surface area is 142 Å². The van der Waals surface area contributed by atoms with Crippen molar-refractivity contribution >= 4 is 21.4 Å². The van der Waals surface area contributed by atoms with Crippen LogP contribution >= 0.6 is 11.3 Å². The molecule has 8 heteroatoms. The molecule has 0 bridgehead atoms. The number of fused-ring (bicyclic) bond motifs is 1. The van der Waals surface area contributed by atoms with Crippen LogP contribution in [0.25, 0.3) is 20.9 Å². The summed E-state index contributed by atoms with van der Waals surface area (Å²) < 4.78 is 12.2. The fourth-order valence-electron chi connectivity index (χ4n) is 2.72. The number of thiophene rings is 1. The van der Waals surface area contributed by atoms with Crippen LogP contribution in [0.2, 0.25) is 0 Å². The molecule has 24 heavy (non-hydrogen) atoms. The molecule has 1 saturated heterocycles. The molecule has 0 saturated carbocycles. The normalized spacial score (nSPS) is 15.6. The van der Waals surface area contributed by atoms with E-state index in [1.807, 2.05) is 12.1 Å². The number of nitrogens with zero attached hydrogens (tertiary/aromatic N) is 4. The number of hydrogen-bond donors (Lipinski definition) is 1. The van der Waals surface area contributed by atoms with E-state index in [0.717, 1.165) is 40.9 Å². The average Bonchev–Trinajstić information content (AvgIpc) is 3.27. The molecular formula is C16H15N5O2S. The van der Waals surface area contributed by atoms with Gasteiger partial charge in [0.15, 0.2) is 5.82 Å². The van der Waals surface area contributed by atoms with E-state index in [9.17, 15) is 0 Å². The Bertz CT molecular complexity index is 891. The third-order valence-corrected chi connectivity index (χ3v) is 5.05. The third-order valence-electron chi connectivity index (χ3n) is 3.96. The zero-order valence-electron chi connectivity index (χ0n) is 12.9. The summed E-state index contributed by atoms with van der Waals surface area (Å²) in [5.41, 5.74) is 0.406. The first-order chi connectivity index (χ1) is 11.8. The summed E-state index contributed by atoms with van der Waals surface area (Å²) in [5, 5.41) is 17.2. The largest absolute Gasteiger partial charge is 0.370 e. The minimum atomic E-state index is 0.252. The molecule has 1 N–H and O–H groups in total. The highest BCUT2D eigenvalue weighted by Gasteiger charge is 2.17. The number of piperidine rings is 1. The zero-order valence-corrected chi connectivity index (χ0v) is 13.7. The van der Waals surface area contributed by atoms with E-state index in [2.05, 4.69) is 26.5 Å². The molecule has 0 radical (unpaired) electrons. The van der Waals surface area contributed by atoms with Gasteiger partial charge in [-0.1, -0.05) is 5.16 Å². The van der Waals surface area contributed by atoms with Crippen molar-refractivity contribution in [3.63, 3.8) is 0 Å². The number of nitriles is 1. The summed E-state index contributed by atoms with van der Waals surface area (Å²) >= 11 is 1.50. The lowest BCUT2D eigenvalue weighted by Gasteiger charge is -2.22. The van der Waals surface area contributed by atoms with Crippen LogP contribution in [0.5, 0.6) is 0 Å². The van der Waals surface area contributed by atoms with Crippen molar-refractivity contribution in [3.05, 3.63) is 29.8 Å². The Kier molecular flexibility index (Phi) is 4.21. The van der Waals surface area contributed by atoms with Crippen LogP contribution in [-0.4, -0.2) is 34.3 Å². The van der Waals surface area contributed by atoms with E-state index in [4.69, 9.17) is 14.5 Å². The van der Waals surface area contributed by atoms with Gasteiger partial charge in [-0.05, 0) is 38.1 Å². The first kappa shape index (κ1) is 15.2. The van der Waals surface area contributed by atoms with Crippen molar-refractivity contribution in [1.82, 2.24) is 20.4 Å². The molecule has 122 valence electrons. The van der Waals surface area contributed by atoms with Gasteiger partial charge in [0.2, 0.25) is 0 Å². The molecule has 7 nitrogen and oxygen atoms in total. The molecule has 4 heterocycles. The molecule has 3 aromatic heterocycles. The van der Waals surface area contributed by atoms with E-state index in [0.29, 0.717) is 24.0 Å². The third kappa shape index (κ3) is 3.01. The van der Waals surface area contributed by atoms with Gasteiger partial charge in [0.1, 0.15) is 18.4 Å². The van der Waals surface area contributed by atoms with Gasteiger partial charge < -0.3 is 14.6 Å². The molecule has 0 aromatic carbocycles. The summed E-state index contributed by atoms with van der Waals surface area (Å²) in [4.78, 5) is 9.31. The maximum atomic E-state index is 9.13. The number of ether oxygens (including phenoxy) is 1. The van der Waals surface area contributed by atoms with Gasteiger partial charge in [0.25, 0.3) is 5.89 Å². The molecule has 0 unspecified atom stereocenters. The molecule has 4 rings (SSSR count). The van der Waals surface area contributed by atoms with E-state index in [-0.39, 0.29) is 6.10 Å². The van der Waals surface area contributed by atoms with E-state index in [1.54, 1.807) is 6.20 Å². The first-order valence-corrected chi connectivity index (χ1v) is 8.59. The maximum Gasteiger partial charge on any atom is 0.268 e. The summed E-state index contributed by atoms with van der Waals surface area (Å²) in [6.45, 7) is 2.32. The number of aromatic nitrogens is 3. The topological polar surface area (TPSA) is 96.9 Å². The van der Waals surface area contributed by atoms with Crippen molar-refractivity contribution < 1.29 is 9.26 Å². The van der Waals surface area contributed by atoms with Crippen LogP contribution in [0.15, 0.2) is 22.9 Å². The Balaban J connectivity index is 1.51. The van der Waals surface area contributed by atoms with Crippen LogP contribution in [0.1, 0.15) is 24.4 Å². The molecule has 0 atom stereocenters. The summed E-state index contributed by atoms with van der Waals surface area (Å²) in [6, 6.07) is 5.85. The van der Waals surface area contributed by atoms with Gasteiger partial charge in [-0.2, -0.15) is 10.2 Å². The molecular weight excluding hydrogens is 326 g/mol. The van der Waals surface area contributed by atoms with Gasteiger partial charge in [-0.15, -0.1) is 11.3 Å². The standard InChI is InChI=1S/C16H15N5O2S/c17-8-12-11-7-14(24-13(11)3-6-19-12)16-20-15(21-23-16)9-22-10-1-4-18-5-2-10/h3,6-7,10,18H,1-2,4-5,9H2. The second kappa shape index (κ2) is 6.65. The monoisotopic (exact) mass is 341 g/mol. The van der Waals surface area contributed by atoms with E-state index < -0.39 is 0 Å². The predicted octanol–water partition coefficient (Wildman–Crippen LogP) is 2.49. The number of pyridine rings is 1. The van der Waals surface area contributed by atoms with Crippen molar-refractivity contribution in [2.45, 2.75) is 25.6 Å². The van der Waals surface area contributed by atoms with E-state index in [1.165, 1.54) is 11.3 Å².